The summed E-state index contributed by atoms with van der Waals surface area (Å²) in [6.45, 7) is 2.43. The Hall–Kier alpha value is -1.99. The van der Waals surface area contributed by atoms with Crippen molar-refractivity contribution in [3.05, 3.63) is 34.3 Å². The van der Waals surface area contributed by atoms with E-state index in [0.717, 1.165) is 24.3 Å². The van der Waals surface area contributed by atoms with Crippen molar-refractivity contribution in [2.75, 3.05) is 16.8 Å². The van der Waals surface area contributed by atoms with E-state index in [1.54, 1.807) is 17.0 Å². The average molecular weight is 379 g/mol. The molecular formula is C17H19ClN4O2S. The van der Waals surface area contributed by atoms with Crippen LogP contribution in [0, 0.1) is 5.92 Å². The summed E-state index contributed by atoms with van der Waals surface area (Å²) in [5, 5.41) is 12.8. The lowest BCUT2D eigenvalue weighted by Gasteiger charge is -2.17. The predicted octanol–water partition coefficient (Wildman–Crippen LogP) is 3.53. The van der Waals surface area contributed by atoms with Gasteiger partial charge < -0.3 is 10.2 Å². The molecule has 1 aromatic heterocycles. The number of rotatable bonds is 6. The summed E-state index contributed by atoms with van der Waals surface area (Å²) in [6.07, 6.45) is 3.17. The number of anilines is 2. The van der Waals surface area contributed by atoms with E-state index in [2.05, 4.69) is 22.4 Å². The highest BCUT2D eigenvalue weighted by molar-refractivity contribution is 7.15. The number of aromatic nitrogens is 2. The highest BCUT2D eigenvalue weighted by Crippen LogP contribution is 2.31. The normalized spacial score (nSPS) is 17.1. The van der Waals surface area contributed by atoms with Crippen molar-refractivity contribution in [3.8, 4) is 0 Å². The van der Waals surface area contributed by atoms with Gasteiger partial charge in [-0.2, -0.15) is 0 Å². The van der Waals surface area contributed by atoms with E-state index in [4.69, 9.17) is 11.6 Å². The Kier molecular flexibility index (Phi) is 5.65. The lowest BCUT2D eigenvalue weighted by Crippen LogP contribution is -2.28. The Balaban J connectivity index is 1.63. The molecular weight excluding hydrogens is 360 g/mol. The number of carbonyl (C=O) groups is 2. The molecule has 1 unspecified atom stereocenters. The van der Waals surface area contributed by atoms with Crippen LogP contribution in [0.2, 0.25) is 5.02 Å². The third kappa shape index (κ3) is 4.16. The molecule has 1 fully saturated rings. The first kappa shape index (κ1) is 17.8. The van der Waals surface area contributed by atoms with Gasteiger partial charge >= 0.3 is 0 Å². The van der Waals surface area contributed by atoms with Gasteiger partial charge in [0, 0.05) is 19.4 Å². The zero-order valence-electron chi connectivity index (χ0n) is 13.9. The minimum atomic E-state index is -0.424. The number of hydrogen-bond donors (Lipinski definition) is 1. The Morgan fingerprint density at radius 3 is 2.96 bits per heavy atom. The number of para-hydroxylation sites is 1. The molecule has 0 bridgehead atoms. The van der Waals surface area contributed by atoms with Gasteiger partial charge in [0.05, 0.1) is 16.6 Å². The van der Waals surface area contributed by atoms with Gasteiger partial charge in [0.15, 0.2) is 0 Å². The number of benzene rings is 1. The number of unbranched alkanes of at least 4 members (excludes halogenated alkanes) is 1. The molecule has 1 atom stereocenters. The number of nitrogens with zero attached hydrogens (tertiary/aromatic N) is 3. The molecule has 1 saturated heterocycles. The molecule has 3 rings (SSSR count). The maximum absolute atomic E-state index is 12.5. The van der Waals surface area contributed by atoms with E-state index in [1.807, 2.05) is 12.1 Å². The fourth-order valence-electron chi connectivity index (χ4n) is 2.73. The molecule has 0 spiro atoms. The highest BCUT2D eigenvalue weighted by atomic mass is 35.5. The molecule has 6 nitrogen and oxygen atoms in total. The molecule has 1 aromatic carbocycles. The van der Waals surface area contributed by atoms with E-state index in [1.165, 1.54) is 11.3 Å². The van der Waals surface area contributed by atoms with Crippen molar-refractivity contribution in [1.82, 2.24) is 10.2 Å². The minimum absolute atomic E-state index is 0.103. The van der Waals surface area contributed by atoms with Gasteiger partial charge in [0.2, 0.25) is 16.9 Å². The van der Waals surface area contributed by atoms with E-state index < -0.39 is 5.92 Å². The first-order chi connectivity index (χ1) is 12.1. The molecule has 0 saturated carbocycles. The Morgan fingerprint density at radius 2 is 2.20 bits per heavy atom. The lowest BCUT2D eigenvalue weighted by molar-refractivity contribution is -0.122. The van der Waals surface area contributed by atoms with Gasteiger partial charge in [0.25, 0.3) is 0 Å². The molecule has 2 heterocycles. The Morgan fingerprint density at radius 1 is 1.40 bits per heavy atom. The van der Waals surface area contributed by atoms with E-state index in [-0.39, 0.29) is 18.2 Å². The maximum Gasteiger partial charge on any atom is 0.231 e. The van der Waals surface area contributed by atoms with Crippen LogP contribution in [0.4, 0.5) is 10.8 Å². The lowest BCUT2D eigenvalue weighted by atomic mass is 10.1. The molecule has 0 radical (unpaired) electrons. The third-order valence-electron chi connectivity index (χ3n) is 4.08. The second-order valence-corrected chi connectivity index (χ2v) is 7.42. The van der Waals surface area contributed by atoms with Crippen LogP contribution < -0.4 is 10.2 Å². The third-order valence-corrected chi connectivity index (χ3v) is 5.30. The van der Waals surface area contributed by atoms with Crippen LogP contribution in [0.1, 0.15) is 31.2 Å². The molecule has 1 aliphatic rings. The molecule has 25 heavy (non-hydrogen) atoms. The van der Waals surface area contributed by atoms with Crippen LogP contribution in [0.15, 0.2) is 24.3 Å². The van der Waals surface area contributed by atoms with Gasteiger partial charge in [-0.1, -0.05) is 48.4 Å². The smallest absolute Gasteiger partial charge is 0.231 e. The zero-order chi connectivity index (χ0) is 17.8. The molecule has 1 aliphatic heterocycles. The summed E-state index contributed by atoms with van der Waals surface area (Å²) in [6, 6.07) is 7.14. The summed E-state index contributed by atoms with van der Waals surface area (Å²) in [5.41, 5.74) is 0.641. The van der Waals surface area contributed by atoms with E-state index in [9.17, 15) is 9.59 Å². The quantitative estimate of drug-likeness (QED) is 0.834. The fraction of sp³-hybridized carbons (Fsp3) is 0.412. The standard InChI is InChI=1S/C17H19ClN4O2S/c1-2-3-8-14-20-21-17(25-14)19-16(24)11-9-15(23)22(10-11)13-7-5-4-6-12(13)18/h4-7,11H,2-3,8-10H2,1H3,(H,19,21,24). The minimum Gasteiger partial charge on any atom is -0.310 e. The Labute approximate surface area is 155 Å². The first-order valence-corrected chi connectivity index (χ1v) is 9.46. The summed E-state index contributed by atoms with van der Waals surface area (Å²) in [5.74, 6) is -0.734. The summed E-state index contributed by atoms with van der Waals surface area (Å²) < 4.78 is 0. The van der Waals surface area contributed by atoms with Crippen LogP contribution in [0.5, 0.6) is 0 Å². The van der Waals surface area contributed by atoms with Crippen LogP contribution in [0.25, 0.3) is 0 Å². The van der Waals surface area contributed by atoms with Gasteiger partial charge in [-0.15, -0.1) is 10.2 Å². The summed E-state index contributed by atoms with van der Waals surface area (Å²) in [4.78, 5) is 26.3. The van der Waals surface area contributed by atoms with E-state index in [0.29, 0.717) is 22.4 Å². The van der Waals surface area contributed by atoms with Gasteiger partial charge in [-0.25, -0.2) is 0 Å². The number of amides is 2. The van der Waals surface area contributed by atoms with E-state index >= 15 is 0 Å². The average Bonchev–Trinajstić information content (AvgIpc) is 3.20. The number of carbonyl (C=O) groups excluding carboxylic acids is 2. The van der Waals surface area contributed by atoms with Crippen molar-refractivity contribution in [3.63, 3.8) is 0 Å². The monoisotopic (exact) mass is 378 g/mol. The van der Waals surface area contributed by atoms with Crippen LogP contribution in [-0.4, -0.2) is 28.6 Å². The second kappa shape index (κ2) is 7.93. The Bertz CT molecular complexity index is 780. The van der Waals surface area contributed by atoms with Crippen molar-refractivity contribution < 1.29 is 9.59 Å². The highest BCUT2D eigenvalue weighted by Gasteiger charge is 2.36. The van der Waals surface area contributed by atoms with Crippen LogP contribution in [-0.2, 0) is 16.0 Å². The van der Waals surface area contributed by atoms with Gasteiger partial charge in [0.1, 0.15) is 5.01 Å². The largest absolute Gasteiger partial charge is 0.310 e. The topological polar surface area (TPSA) is 75.2 Å². The van der Waals surface area contributed by atoms with Crippen molar-refractivity contribution in [2.45, 2.75) is 32.6 Å². The first-order valence-electron chi connectivity index (χ1n) is 8.26. The molecule has 2 aromatic rings. The molecule has 8 heteroatoms. The van der Waals surface area contributed by atoms with Crippen LogP contribution in [0.3, 0.4) is 0 Å². The van der Waals surface area contributed by atoms with Gasteiger partial charge in [-0.05, 0) is 18.6 Å². The van der Waals surface area contributed by atoms with Crippen molar-refractivity contribution in [1.29, 1.82) is 0 Å². The number of halogens is 1. The second-order valence-electron chi connectivity index (χ2n) is 5.95. The maximum atomic E-state index is 12.5. The summed E-state index contributed by atoms with van der Waals surface area (Å²) in [7, 11) is 0. The zero-order valence-corrected chi connectivity index (χ0v) is 15.4. The molecule has 0 aliphatic carbocycles. The molecule has 1 N–H and O–H groups in total. The fourth-order valence-corrected chi connectivity index (χ4v) is 3.75. The number of hydrogen-bond acceptors (Lipinski definition) is 5. The SMILES string of the molecule is CCCCc1nnc(NC(=O)C2CC(=O)N(c3ccccc3Cl)C2)s1. The predicted molar refractivity (Wildman–Crippen MR) is 99.1 cm³/mol. The van der Waals surface area contributed by atoms with Crippen molar-refractivity contribution in [2.24, 2.45) is 5.92 Å². The number of nitrogens with one attached hydrogen (secondary N) is 1. The van der Waals surface area contributed by atoms with Gasteiger partial charge in [-0.3, -0.25) is 9.59 Å². The van der Waals surface area contributed by atoms with Crippen LogP contribution >= 0.6 is 22.9 Å². The molecule has 2 amide bonds. The van der Waals surface area contributed by atoms with Crippen molar-refractivity contribution >= 4 is 45.6 Å². The number of aryl methyl sites for hydroxylation is 1. The summed E-state index contributed by atoms with van der Waals surface area (Å²) >= 11 is 7.55. The molecule has 132 valence electrons.